The molecule has 0 aliphatic heterocycles. The van der Waals surface area contributed by atoms with Crippen LogP contribution in [0.4, 0.5) is 34.1 Å². The van der Waals surface area contributed by atoms with Gasteiger partial charge in [0.15, 0.2) is 0 Å². The van der Waals surface area contributed by atoms with Gasteiger partial charge in [0.2, 0.25) is 0 Å². The third-order valence-corrected chi connectivity index (χ3v) is 15.5. The first kappa shape index (κ1) is 49.7. The summed E-state index contributed by atoms with van der Waals surface area (Å²) < 4.78 is 2.42. The topological polar surface area (TPSA) is 11.4 Å². The van der Waals surface area contributed by atoms with Gasteiger partial charge in [-0.2, -0.15) is 0 Å². The molecule has 11 aromatic carbocycles. The van der Waals surface area contributed by atoms with Crippen molar-refractivity contribution in [2.75, 3.05) is 9.80 Å². The Balaban J connectivity index is 1.13. The second-order valence-corrected chi connectivity index (χ2v) is 22.7. The van der Waals surface area contributed by atoms with Gasteiger partial charge in [0.25, 0.3) is 0 Å². The number of aromatic nitrogens is 1. The lowest BCUT2D eigenvalue weighted by molar-refractivity contribution is 0.590. The lowest BCUT2D eigenvalue weighted by Gasteiger charge is -2.30. The SMILES string of the molecule is Cn1c2ccccc2c2c(-c3ccc(N(c4ccc(-c5ccccc5)cc4)c4ccc(C(C)(C)C)cc4)cc3-c3ccccc3)c(-c3ccccc3)cc(N(c3ccc(-c4ccccc4)cc3)c3ccc(C(C)(C)C)cc3)c21. The van der Waals surface area contributed by atoms with Crippen LogP contribution >= 0.6 is 0 Å². The molecule has 0 radical (unpaired) electrons. The van der Waals surface area contributed by atoms with Crippen LogP contribution in [-0.2, 0) is 17.9 Å². The molecule has 0 saturated heterocycles. The number of hydrogen-bond donors (Lipinski definition) is 0. The Morgan fingerprint density at radius 3 is 1.14 bits per heavy atom. The molecule has 380 valence electrons. The van der Waals surface area contributed by atoms with Crippen LogP contribution in [0.1, 0.15) is 52.7 Å². The number of rotatable bonds is 11. The first-order valence-corrected chi connectivity index (χ1v) is 27.3. The van der Waals surface area contributed by atoms with Gasteiger partial charge < -0.3 is 14.4 Å². The molecule has 0 bridgehead atoms. The quantitative estimate of drug-likeness (QED) is 0.128. The van der Waals surface area contributed by atoms with Crippen molar-refractivity contribution in [2.24, 2.45) is 7.05 Å². The molecule has 0 aliphatic rings. The summed E-state index contributed by atoms with van der Waals surface area (Å²) in [4.78, 5) is 4.89. The fourth-order valence-corrected chi connectivity index (χ4v) is 11.4. The lowest BCUT2D eigenvalue weighted by atomic mass is 9.85. The van der Waals surface area contributed by atoms with E-state index in [1.807, 2.05) is 0 Å². The van der Waals surface area contributed by atoms with Crippen molar-refractivity contribution in [2.45, 2.75) is 52.4 Å². The van der Waals surface area contributed by atoms with E-state index in [0.717, 1.165) is 67.5 Å². The zero-order valence-corrected chi connectivity index (χ0v) is 45.7. The van der Waals surface area contributed by atoms with Crippen LogP contribution in [0.5, 0.6) is 0 Å². The summed E-state index contributed by atoms with van der Waals surface area (Å²) in [5.41, 5.74) is 23.2. The average Bonchev–Trinajstić information content (AvgIpc) is 4.00. The molecule has 3 heteroatoms. The van der Waals surface area contributed by atoms with Gasteiger partial charge in [-0.15, -0.1) is 0 Å². The van der Waals surface area contributed by atoms with E-state index in [4.69, 9.17) is 0 Å². The van der Waals surface area contributed by atoms with E-state index in [2.05, 4.69) is 330 Å². The Morgan fingerprint density at radius 1 is 0.308 bits per heavy atom. The highest BCUT2D eigenvalue weighted by Crippen LogP contribution is 2.53. The highest BCUT2D eigenvalue weighted by Gasteiger charge is 2.28. The molecule has 0 saturated carbocycles. The summed E-state index contributed by atoms with van der Waals surface area (Å²) in [6, 6.07) is 98.3. The van der Waals surface area contributed by atoms with E-state index in [1.54, 1.807) is 0 Å². The van der Waals surface area contributed by atoms with Crippen molar-refractivity contribution in [3.63, 3.8) is 0 Å². The summed E-state index contributed by atoms with van der Waals surface area (Å²) in [5, 5.41) is 2.41. The zero-order chi connectivity index (χ0) is 53.5. The first-order chi connectivity index (χ1) is 37.9. The van der Waals surface area contributed by atoms with Gasteiger partial charge in [0, 0.05) is 57.3 Å². The van der Waals surface area contributed by atoms with E-state index in [0.29, 0.717) is 0 Å². The number of nitrogens with zero attached hydrogens (tertiary/aromatic N) is 3. The third-order valence-electron chi connectivity index (χ3n) is 15.5. The van der Waals surface area contributed by atoms with E-state index < -0.39 is 0 Å². The molecule has 78 heavy (non-hydrogen) atoms. The maximum absolute atomic E-state index is 2.48. The Labute approximate surface area is 461 Å². The van der Waals surface area contributed by atoms with Gasteiger partial charge in [-0.25, -0.2) is 0 Å². The van der Waals surface area contributed by atoms with E-state index in [-0.39, 0.29) is 10.8 Å². The van der Waals surface area contributed by atoms with Crippen molar-refractivity contribution in [3.05, 3.63) is 278 Å². The minimum absolute atomic E-state index is 0.00114. The van der Waals surface area contributed by atoms with Crippen molar-refractivity contribution in [3.8, 4) is 55.6 Å². The van der Waals surface area contributed by atoms with Crippen LogP contribution in [0.15, 0.2) is 267 Å². The highest BCUT2D eigenvalue weighted by atomic mass is 15.2. The van der Waals surface area contributed by atoms with E-state index >= 15 is 0 Å². The number of anilines is 6. The Morgan fingerprint density at radius 2 is 0.679 bits per heavy atom. The predicted octanol–water partition coefficient (Wildman–Crippen LogP) is 21.2. The third kappa shape index (κ3) is 9.47. The van der Waals surface area contributed by atoms with Gasteiger partial charge in [0.1, 0.15) is 0 Å². The molecule has 0 N–H and O–H groups in total. The van der Waals surface area contributed by atoms with Crippen LogP contribution in [-0.4, -0.2) is 4.57 Å². The summed E-state index contributed by atoms with van der Waals surface area (Å²) in [6.45, 7) is 13.7. The molecule has 1 aromatic heterocycles. The van der Waals surface area contributed by atoms with Gasteiger partial charge >= 0.3 is 0 Å². The number of benzene rings is 11. The fourth-order valence-electron chi connectivity index (χ4n) is 11.4. The first-order valence-electron chi connectivity index (χ1n) is 27.3. The Bertz CT molecular complexity index is 4030. The second-order valence-electron chi connectivity index (χ2n) is 22.7. The van der Waals surface area contributed by atoms with Crippen molar-refractivity contribution >= 4 is 55.9 Å². The minimum Gasteiger partial charge on any atom is -0.342 e. The second kappa shape index (κ2) is 20.4. The molecule has 12 rings (SSSR count). The van der Waals surface area contributed by atoms with Gasteiger partial charge in [-0.3, -0.25) is 0 Å². The number of fused-ring (bicyclic) bond motifs is 3. The number of aryl methyl sites for hydroxylation is 1. The van der Waals surface area contributed by atoms with Crippen molar-refractivity contribution in [1.82, 2.24) is 4.57 Å². The molecule has 0 atom stereocenters. The standard InChI is InChI=1S/C75H65N3/c1-74(2,3)58-36-44-61(45-37-58)77(60-40-32-54(33-41-60)52-22-12-8-13-23-52)64-48-49-65(67(50-64)56-26-16-10-17-27-56)71-68(57-28-18-11-19-29-57)51-70(73-72(71)66-30-20-21-31-69(66)76(73)7)78(63-46-38-59(39-47-63)75(4,5)6)62-42-34-55(35-43-62)53-24-14-9-15-25-53/h8-51H,1-7H3. The summed E-state index contributed by atoms with van der Waals surface area (Å²) >= 11 is 0. The largest absolute Gasteiger partial charge is 0.342 e. The van der Waals surface area contributed by atoms with Crippen LogP contribution in [0.2, 0.25) is 0 Å². The lowest BCUT2D eigenvalue weighted by Crippen LogP contribution is -2.14. The molecule has 12 aromatic rings. The average molecular weight is 1010 g/mol. The van der Waals surface area contributed by atoms with Gasteiger partial charge in [0.05, 0.1) is 11.2 Å². The van der Waals surface area contributed by atoms with E-state index in [1.165, 1.54) is 55.2 Å². The predicted molar refractivity (Wildman–Crippen MR) is 334 cm³/mol. The molecule has 0 fully saturated rings. The Kier molecular flexibility index (Phi) is 13.0. The van der Waals surface area contributed by atoms with Crippen LogP contribution in [0, 0.1) is 0 Å². The smallest absolute Gasteiger partial charge is 0.0740 e. The summed E-state index contributed by atoms with van der Waals surface area (Å²) in [5.74, 6) is 0. The minimum atomic E-state index is -0.00114. The molecule has 0 spiro atoms. The van der Waals surface area contributed by atoms with E-state index in [9.17, 15) is 0 Å². The van der Waals surface area contributed by atoms with Gasteiger partial charge in [-0.1, -0.05) is 236 Å². The summed E-state index contributed by atoms with van der Waals surface area (Å²) in [6.07, 6.45) is 0. The number of para-hydroxylation sites is 1. The van der Waals surface area contributed by atoms with Crippen LogP contribution < -0.4 is 9.80 Å². The molecular formula is C75H65N3. The van der Waals surface area contributed by atoms with Crippen LogP contribution in [0.25, 0.3) is 77.4 Å². The fraction of sp³-hybridized carbons (Fsp3) is 0.120. The molecule has 0 aliphatic carbocycles. The van der Waals surface area contributed by atoms with Crippen molar-refractivity contribution in [1.29, 1.82) is 0 Å². The maximum atomic E-state index is 2.48. The van der Waals surface area contributed by atoms with Gasteiger partial charge in [-0.05, 0) is 145 Å². The molecule has 0 amide bonds. The molecule has 3 nitrogen and oxygen atoms in total. The molecule has 1 heterocycles. The molecular weight excluding hydrogens is 943 g/mol. The monoisotopic (exact) mass is 1010 g/mol. The maximum Gasteiger partial charge on any atom is 0.0740 e. The number of hydrogen-bond acceptors (Lipinski definition) is 2. The zero-order valence-electron chi connectivity index (χ0n) is 45.7. The highest BCUT2D eigenvalue weighted by molar-refractivity contribution is 6.23. The Hall–Kier alpha value is -9.18. The normalized spacial score (nSPS) is 11.8. The van der Waals surface area contributed by atoms with Crippen molar-refractivity contribution < 1.29 is 0 Å². The summed E-state index contributed by atoms with van der Waals surface area (Å²) in [7, 11) is 2.24. The molecule has 0 unspecified atom stereocenters. The van der Waals surface area contributed by atoms with Crippen LogP contribution in [0.3, 0.4) is 0 Å².